The predicted molar refractivity (Wildman–Crippen MR) is 82.1 cm³/mol. The maximum atomic E-state index is 12.2. The van der Waals surface area contributed by atoms with Crippen LogP contribution in [0, 0.1) is 6.92 Å². The van der Waals surface area contributed by atoms with Gasteiger partial charge in [0, 0.05) is 37.7 Å². The lowest BCUT2D eigenvalue weighted by Gasteiger charge is -2.16. The summed E-state index contributed by atoms with van der Waals surface area (Å²) in [5.41, 5.74) is 9.62. The van der Waals surface area contributed by atoms with Crippen molar-refractivity contribution in [3.63, 3.8) is 0 Å². The number of nitrogens with two attached hydrogens (primary N) is 1. The first-order chi connectivity index (χ1) is 9.49. The minimum absolute atomic E-state index is 0.184. The second-order valence-corrected chi connectivity index (χ2v) is 4.81. The number of amides is 1. The highest BCUT2D eigenvalue weighted by Crippen LogP contribution is 2.23. The maximum absolute atomic E-state index is 12.2. The lowest BCUT2D eigenvalue weighted by Crippen LogP contribution is -2.15. The number of benzene rings is 1. The first kappa shape index (κ1) is 13.9. The van der Waals surface area contributed by atoms with Crippen LogP contribution in [0.2, 0.25) is 0 Å². The highest BCUT2D eigenvalue weighted by Gasteiger charge is 2.10. The third-order valence-electron chi connectivity index (χ3n) is 3.04. The molecule has 1 aromatic heterocycles. The summed E-state index contributed by atoms with van der Waals surface area (Å²) in [7, 11) is 3.82. The molecule has 0 aliphatic heterocycles. The molecule has 0 saturated carbocycles. The van der Waals surface area contributed by atoms with Crippen molar-refractivity contribution >= 4 is 23.0 Å². The van der Waals surface area contributed by atoms with Crippen LogP contribution in [0.3, 0.4) is 0 Å². The quantitative estimate of drug-likeness (QED) is 0.839. The Bertz CT molecular complexity index is 638. The summed E-state index contributed by atoms with van der Waals surface area (Å²) >= 11 is 0. The molecule has 0 radical (unpaired) electrons. The molecule has 2 aromatic rings. The van der Waals surface area contributed by atoms with Gasteiger partial charge in [-0.2, -0.15) is 0 Å². The number of rotatable bonds is 3. The number of carbonyl (C=O) groups is 1. The van der Waals surface area contributed by atoms with Crippen molar-refractivity contribution in [2.24, 2.45) is 0 Å². The Labute approximate surface area is 118 Å². The van der Waals surface area contributed by atoms with Gasteiger partial charge in [-0.3, -0.25) is 9.78 Å². The first-order valence-electron chi connectivity index (χ1n) is 6.28. The molecule has 0 bridgehead atoms. The van der Waals surface area contributed by atoms with Gasteiger partial charge in [0.15, 0.2) is 0 Å². The molecule has 0 fully saturated rings. The van der Waals surface area contributed by atoms with Crippen LogP contribution in [0.15, 0.2) is 36.7 Å². The Balaban J connectivity index is 2.22. The van der Waals surface area contributed by atoms with Crippen LogP contribution in [-0.2, 0) is 0 Å². The zero-order valence-corrected chi connectivity index (χ0v) is 11.8. The van der Waals surface area contributed by atoms with Gasteiger partial charge in [-0.25, -0.2) is 0 Å². The molecule has 1 amide bonds. The van der Waals surface area contributed by atoms with Crippen molar-refractivity contribution in [2.75, 3.05) is 30.0 Å². The standard InChI is InChI=1S/C15H18N4O/c1-10-9-17-7-6-13(10)18-15(20)11-4-5-14(19(2)3)12(16)8-11/h4-9H,16H2,1-3H3,(H,17,18,20). The van der Waals surface area contributed by atoms with E-state index in [0.29, 0.717) is 11.3 Å². The largest absolute Gasteiger partial charge is 0.397 e. The molecule has 3 N–H and O–H groups in total. The van der Waals surface area contributed by atoms with E-state index in [4.69, 9.17) is 5.73 Å². The van der Waals surface area contributed by atoms with Gasteiger partial charge < -0.3 is 16.0 Å². The first-order valence-corrected chi connectivity index (χ1v) is 6.28. The highest BCUT2D eigenvalue weighted by molar-refractivity contribution is 6.05. The fraction of sp³-hybridized carbons (Fsp3) is 0.200. The van der Waals surface area contributed by atoms with E-state index < -0.39 is 0 Å². The van der Waals surface area contributed by atoms with Gasteiger partial charge in [-0.05, 0) is 36.8 Å². The van der Waals surface area contributed by atoms with E-state index in [2.05, 4.69) is 10.3 Å². The summed E-state index contributed by atoms with van der Waals surface area (Å²) in [6, 6.07) is 7.05. The minimum atomic E-state index is -0.184. The second kappa shape index (κ2) is 5.61. The second-order valence-electron chi connectivity index (χ2n) is 4.81. The maximum Gasteiger partial charge on any atom is 0.255 e. The van der Waals surface area contributed by atoms with Crippen molar-refractivity contribution in [3.05, 3.63) is 47.8 Å². The Kier molecular flexibility index (Phi) is 3.89. The van der Waals surface area contributed by atoms with E-state index in [1.807, 2.05) is 32.0 Å². The Morgan fingerprint density at radius 3 is 2.65 bits per heavy atom. The lowest BCUT2D eigenvalue weighted by molar-refractivity contribution is 0.102. The average Bonchev–Trinajstić information content (AvgIpc) is 2.40. The summed E-state index contributed by atoms with van der Waals surface area (Å²) in [6.45, 7) is 1.89. The Morgan fingerprint density at radius 1 is 1.30 bits per heavy atom. The topological polar surface area (TPSA) is 71.2 Å². The van der Waals surface area contributed by atoms with Gasteiger partial charge in [-0.15, -0.1) is 0 Å². The fourth-order valence-electron chi connectivity index (χ4n) is 1.91. The average molecular weight is 270 g/mol. The SMILES string of the molecule is Cc1cnccc1NC(=O)c1ccc(N(C)C)c(N)c1. The van der Waals surface area contributed by atoms with Gasteiger partial charge in [-0.1, -0.05) is 0 Å². The van der Waals surface area contributed by atoms with Crippen molar-refractivity contribution in [1.29, 1.82) is 0 Å². The normalized spacial score (nSPS) is 10.2. The van der Waals surface area contributed by atoms with E-state index in [0.717, 1.165) is 16.9 Å². The van der Waals surface area contributed by atoms with Crippen molar-refractivity contribution in [2.45, 2.75) is 6.92 Å². The van der Waals surface area contributed by atoms with Gasteiger partial charge in [0.2, 0.25) is 0 Å². The van der Waals surface area contributed by atoms with Gasteiger partial charge >= 0.3 is 0 Å². The van der Waals surface area contributed by atoms with Crippen LogP contribution in [0.25, 0.3) is 0 Å². The van der Waals surface area contributed by atoms with E-state index in [9.17, 15) is 4.79 Å². The van der Waals surface area contributed by atoms with Gasteiger partial charge in [0.05, 0.1) is 11.4 Å². The number of carbonyl (C=O) groups excluding carboxylic acids is 1. The van der Waals surface area contributed by atoms with Crippen LogP contribution in [0.4, 0.5) is 17.1 Å². The third kappa shape index (κ3) is 2.88. The van der Waals surface area contributed by atoms with Crippen molar-refractivity contribution < 1.29 is 4.79 Å². The molecule has 2 rings (SSSR count). The van der Waals surface area contributed by atoms with E-state index in [1.165, 1.54) is 0 Å². The number of pyridine rings is 1. The third-order valence-corrected chi connectivity index (χ3v) is 3.04. The van der Waals surface area contributed by atoms with Crippen LogP contribution in [0.5, 0.6) is 0 Å². The smallest absolute Gasteiger partial charge is 0.255 e. The molecule has 0 aliphatic carbocycles. The van der Waals surface area contributed by atoms with E-state index in [-0.39, 0.29) is 5.91 Å². The monoisotopic (exact) mass is 270 g/mol. The number of nitrogen functional groups attached to an aromatic ring is 1. The number of anilines is 3. The molecule has 0 aliphatic rings. The molecule has 1 aromatic carbocycles. The zero-order chi connectivity index (χ0) is 14.7. The Morgan fingerprint density at radius 2 is 2.05 bits per heavy atom. The van der Waals surface area contributed by atoms with Crippen LogP contribution < -0.4 is 16.0 Å². The molecule has 1 heterocycles. The van der Waals surface area contributed by atoms with Gasteiger partial charge in [0.25, 0.3) is 5.91 Å². The van der Waals surface area contributed by atoms with Crippen LogP contribution in [-0.4, -0.2) is 25.0 Å². The van der Waals surface area contributed by atoms with Crippen molar-refractivity contribution in [1.82, 2.24) is 4.98 Å². The molecule has 20 heavy (non-hydrogen) atoms. The summed E-state index contributed by atoms with van der Waals surface area (Å²) in [4.78, 5) is 18.1. The predicted octanol–water partition coefficient (Wildman–Crippen LogP) is 2.29. The number of nitrogens with zero attached hydrogens (tertiary/aromatic N) is 2. The van der Waals surface area contributed by atoms with E-state index in [1.54, 1.807) is 30.6 Å². The molecular formula is C15H18N4O. The van der Waals surface area contributed by atoms with Crippen molar-refractivity contribution in [3.8, 4) is 0 Å². The summed E-state index contributed by atoms with van der Waals surface area (Å²) < 4.78 is 0. The number of nitrogens with one attached hydrogen (secondary N) is 1. The van der Waals surface area contributed by atoms with Crippen LogP contribution >= 0.6 is 0 Å². The van der Waals surface area contributed by atoms with Crippen LogP contribution in [0.1, 0.15) is 15.9 Å². The number of aromatic nitrogens is 1. The summed E-state index contributed by atoms with van der Waals surface area (Å²) in [6.07, 6.45) is 3.35. The molecule has 0 atom stereocenters. The summed E-state index contributed by atoms with van der Waals surface area (Å²) in [5.74, 6) is -0.184. The molecule has 104 valence electrons. The lowest BCUT2D eigenvalue weighted by atomic mass is 10.1. The number of aryl methyl sites for hydroxylation is 1. The fourth-order valence-corrected chi connectivity index (χ4v) is 1.91. The minimum Gasteiger partial charge on any atom is -0.397 e. The molecule has 5 nitrogen and oxygen atoms in total. The molecule has 0 spiro atoms. The highest BCUT2D eigenvalue weighted by atomic mass is 16.1. The number of hydrogen-bond acceptors (Lipinski definition) is 4. The van der Waals surface area contributed by atoms with Gasteiger partial charge in [0.1, 0.15) is 0 Å². The van der Waals surface area contributed by atoms with E-state index >= 15 is 0 Å². The Hall–Kier alpha value is -2.56. The zero-order valence-electron chi connectivity index (χ0n) is 11.8. The molecule has 0 saturated heterocycles. The molecule has 0 unspecified atom stereocenters. The molecule has 5 heteroatoms. The molecular weight excluding hydrogens is 252 g/mol. The summed E-state index contributed by atoms with van der Waals surface area (Å²) in [5, 5.41) is 2.85. The number of hydrogen-bond donors (Lipinski definition) is 2.